The van der Waals surface area contributed by atoms with Crippen molar-refractivity contribution in [3.05, 3.63) is 73.3 Å². The van der Waals surface area contributed by atoms with Crippen LogP contribution in [0.25, 0.3) is 5.69 Å². The topological polar surface area (TPSA) is 46.9 Å². The molecule has 0 amide bonds. The molecule has 1 heterocycles. The zero-order valence-electron chi connectivity index (χ0n) is 13.8. The highest BCUT2D eigenvalue weighted by atomic mass is 35.5. The number of hydrogen-bond acceptors (Lipinski definition) is 3. The molecular formula is C18H13Cl4N3O. The van der Waals surface area contributed by atoms with Crippen molar-refractivity contribution in [2.24, 2.45) is 0 Å². The van der Waals surface area contributed by atoms with E-state index in [1.165, 1.54) is 4.68 Å². The second kappa shape index (κ2) is 7.49. The number of ketones is 1. The first-order valence-corrected chi connectivity index (χ1v) is 9.07. The van der Waals surface area contributed by atoms with Gasteiger partial charge in [0.15, 0.2) is 5.78 Å². The lowest BCUT2D eigenvalue weighted by Gasteiger charge is -2.12. The van der Waals surface area contributed by atoms with Gasteiger partial charge in [-0.05, 0) is 31.2 Å². The van der Waals surface area contributed by atoms with Crippen molar-refractivity contribution in [2.45, 2.75) is 6.92 Å². The number of benzene rings is 2. The van der Waals surface area contributed by atoms with E-state index in [0.717, 1.165) is 0 Å². The van der Waals surface area contributed by atoms with Crippen molar-refractivity contribution in [2.75, 3.05) is 12.4 Å². The summed E-state index contributed by atoms with van der Waals surface area (Å²) in [4.78, 5) is 13.1. The molecule has 26 heavy (non-hydrogen) atoms. The van der Waals surface area contributed by atoms with Crippen LogP contribution in [0.1, 0.15) is 21.6 Å². The first-order valence-electron chi connectivity index (χ1n) is 7.56. The standard InChI is InChI=1S/C18H13Cl4N3O/c1-9-15(17(26)11-5-3-4-6-12(11)20)18(23-2)25(24-9)16-13(21)7-10(19)8-14(16)22/h3-8,23H,1-2H3. The molecule has 0 radical (unpaired) electrons. The molecule has 4 nitrogen and oxygen atoms in total. The van der Waals surface area contributed by atoms with Gasteiger partial charge in [-0.2, -0.15) is 5.10 Å². The molecule has 8 heteroatoms. The van der Waals surface area contributed by atoms with Crippen molar-refractivity contribution in [1.82, 2.24) is 9.78 Å². The van der Waals surface area contributed by atoms with E-state index in [9.17, 15) is 4.79 Å². The number of anilines is 1. The van der Waals surface area contributed by atoms with Gasteiger partial charge in [0.05, 0.1) is 26.3 Å². The Balaban J connectivity index is 2.23. The molecule has 3 aromatic rings. The zero-order valence-corrected chi connectivity index (χ0v) is 16.8. The number of nitrogens with one attached hydrogen (secondary N) is 1. The van der Waals surface area contributed by atoms with Gasteiger partial charge in [0.2, 0.25) is 0 Å². The highest BCUT2D eigenvalue weighted by molar-refractivity contribution is 6.40. The van der Waals surface area contributed by atoms with Crippen LogP contribution in [0.2, 0.25) is 20.1 Å². The largest absolute Gasteiger partial charge is 0.372 e. The smallest absolute Gasteiger partial charge is 0.200 e. The molecule has 0 bridgehead atoms. The number of aryl methyl sites for hydroxylation is 1. The Labute approximate surface area is 170 Å². The van der Waals surface area contributed by atoms with E-state index in [1.807, 2.05) is 0 Å². The van der Waals surface area contributed by atoms with Crippen LogP contribution in [0.4, 0.5) is 5.82 Å². The Morgan fingerprint density at radius 3 is 2.23 bits per heavy atom. The Hall–Kier alpha value is -1.72. The third-order valence-corrected chi connectivity index (χ3v) is 4.96. The summed E-state index contributed by atoms with van der Waals surface area (Å²) in [6, 6.07) is 9.99. The Morgan fingerprint density at radius 1 is 1.04 bits per heavy atom. The van der Waals surface area contributed by atoms with Crippen LogP contribution in [0, 0.1) is 6.92 Å². The highest BCUT2D eigenvalue weighted by Crippen LogP contribution is 2.36. The molecule has 0 unspecified atom stereocenters. The van der Waals surface area contributed by atoms with Crippen molar-refractivity contribution < 1.29 is 4.79 Å². The lowest BCUT2D eigenvalue weighted by molar-refractivity contribution is 0.103. The van der Waals surface area contributed by atoms with E-state index >= 15 is 0 Å². The number of aromatic nitrogens is 2. The monoisotopic (exact) mass is 427 g/mol. The summed E-state index contributed by atoms with van der Waals surface area (Å²) in [6.07, 6.45) is 0. The summed E-state index contributed by atoms with van der Waals surface area (Å²) in [5.41, 5.74) is 1.73. The van der Waals surface area contributed by atoms with E-state index < -0.39 is 0 Å². The Kier molecular flexibility index (Phi) is 5.49. The van der Waals surface area contributed by atoms with Gasteiger partial charge in [-0.3, -0.25) is 4.79 Å². The third-order valence-electron chi connectivity index (χ3n) is 3.84. The Bertz CT molecular complexity index is 991. The molecule has 134 valence electrons. The van der Waals surface area contributed by atoms with Crippen molar-refractivity contribution >= 4 is 58.0 Å². The molecule has 2 aromatic carbocycles. The fourth-order valence-corrected chi connectivity index (χ4v) is 3.91. The lowest BCUT2D eigenvalue weighted by atomic mass is 10.0. The summed E-state index contributed by atoms with van der Waals surface area (Å²) in [7, 11) is 1.69. The van der Waals surface area contributed by atoms with E-state index in [-0.39, 0.29) is 5.78 Å². The van der Waals surface area contributed by atoms with Gasteiger partial charge in [-0.1, -0.05) is 58.5 Å². The van der Waals surface area contributed by atoms with Gasteiger partial charge in [0.1, 0.15) is 11.5 Å². The molecule has 1 aromatic heterocycles. The predicted octanol–water partition coefficient (Wildman–Crippen LogP) is 6.07. The molecule has 0 saturated heterocycles. The van der Waals surface area contributed by atoms with Crippen LogP contribution in [0.15, 0.2) is 36.4 Å². The molecule has 0 saturated carbocycles. The summed E-state index contributed by atoms with van der Waals surface area (Å²) in [5, 5.41) is 8.88. The van der Waals surface area contributed by atoms with E-state index in [4.69, 9.17) is 46.4 Å². The maximum absolute atomic E-state index is 13.1. The summed E-state index contributed by atoms with van der Waals surface area (Å²) in [5.74, 6) is 0.212. The summed E-state index contributed by atoms with van der Waals surface area (Å²) in [6.45, 7) is 1.74. The van der Waals surface area contributed by atoms with E-state index in [0.29, 0.717) is 48.4 Å². The van der Waals surface area contributed by atoms with Gasteiger partial charge >= 0.3 is 0 Å². The molecule has 0 spiro atoms. The van der Waals surface area contributed by atoms with Crippen molar-refractivity contribution in [1.29, 1.82) is 0 Å². The first kappa shape index (κ1) is 19.1. The van der Waals surface area contributed by atoms with Crippen LogP contribution in [0.3, 0.4) is 0 Å². The number of nitrogens with zero attached hydrogens (tertiary/aromatic N) is 2. The molecule has 3 rings (SSSR count). The average molecular weight is 429 g/mol. The minimum absolute atomic E-state index is 0.245. The van der Waals surface area contributed by atoms with Gasteiger partial charge in [0.25, 0.3) is 0 Å². The minimum atomic E-state index is -0.245. The molecule has 0 fully saturated rings. The fourth-order valence-electron chi connectivity index (χ4n) is 2.71. The van der Waals surface area contributed by atoms with Gasteiger partial charge in [-0.15, -0.1) is 0 Å². The normalized spacial score (nSPS) is 10.8. The first-order chi connectivity index (χ1) is 12.3. The number of rotatable bonds is 4. The average Bonchev–Trinajstić information content (AvgIpc) is 2.89. The SMILES string of the molecule is CNc1c(C(=O)c2ccccc2Cl)c(C)nn1-c1c(Cl)cc(Cl)cc1Cl. The molecular weight excluding hydrogens is 416 g/mol. The number of halogens is 4. The number of hydrogen-bond donors (Lipinski definition) is 1. The van der Waals surface area contributed by atoms with Crippen molar-refractivity contribution in [3.8, 4) is 5.69 Å². The van der Waals surface area contributed by atoms with Crippen molar-refractivity contribution in [3.63, 3.8) is 0 Å². The van der Waals surface area contributed by atoms with E-state index in [2.05, 4.69) is 10.4 Å². The van der Waals surface area contributed by atoms with Crippen LogP contribution < -0.4 is 5.32 Å². The van der Waals surface area contributed by atoms with Crippen LogP contribution in [-0.2, 0) is 0 Å². The maximum Gasteiger partial charge on any atom is 0.200 e. The van der Waals surface area contributed by atoms with E-state index in [1.54, 1.807) is 50.4 Å². The van der Waals surface area contributed by atoms with Crippen LogP contribution in [0.5, 0.6) is 0 Å². The quantitative estimate of drug-likeness (QED) is 0.513. The minimum Gasteiger partial charge on any atom is -0.372 e. The highest BCUT2D eigenvalue weighted by Gasteiger charge is 2.26. The fraction of sp³-hybridized carbons (Fsp3) is 0.111. The zero-order chi connectivity index (χ0) is 19.0. The Morgan fingerprint density at radius 2 is 1.65 bits per heavy atom. The summed E-state index contributed by atoms with van der Waals surface area (Å²) < 4.78 is 1.50. The molecule has 0 aliphatic heterocycles. The van der Waals surface area contributed by atoms with Crippen LogP contribution >= 0.6 is 46.4 Å². The summed E-state index contributed by atoms with van der Waals surface area (Å²) >= 11 is 24.8. The lowest BCUT2D eigenvalue weighted by Crippen LogP contribution is -2.09. The predicted molar refractivity (Wildman–Crippen MR) is 108 cm³/mol. The second-order valence-electron chi connectivity index (χ2n) is 5.50. The van der Waals surface area contributed by atoms with Gasteiger partial charge in [0, 0.05) is 17.6 Å². The second-order valence-corrected chi connectivity index (χ2v) is 7.16. The maximum atomic E-state index is 13.1. The molecule has 0 aliphatic carbocycles. The number of carbonyl (C=O) groups is 1. The third kappa shape index (κ3) is 3.30. The number of carbonyl (C=O) groups excluding carboxylic acids is 1. The molecule has 0 atom stereocenters. The van der Waals surface area contributed by atoms with Gasteiger partial charge in [-0.25, -0.2) is 4.68 Å². The van der Waals surface area contributed by atoms with Gasteiger partial charge < -0.3 is 5.32 Å². The molecule has 1 N–H and O–H groups in total. The molecule has 0 aliphatic rings. The van der Waals surface area contributed by atoms with Crippen LogP contribution in [-0.4, -0.2) is 22.6 Å².